The number of benzene rings is 12. The van der Waals surface area contributed by atoms with Crippen molar-refractivity contribution >= 4 is 111 Å². The second-order valence-corrected chi connectivity index (χ2v) is 25.8. The SMILES string of the molecule is Brc1ccc(-c2cccc(-c3ccc4c(c3)c3ccccc3n4-c3ccc(-c4ccccc4)cc3)c2)cc1.Brc1ccc(I)cc1.CC1(C)OB(c2cccc(-c3ccc4c(c3)c3ccccc3n4-c3ccc(-c4ccccc4)cc3)c2)OC1(C)C. The smallest absolute Gasteiger partial charge is 0.399 e. The number of hydrogen-bond acceptors (Lipinski definition) is 2. The summed E-state index contributed by atoms with van der Waals surface area (Å²) in [7, 11) is -0.380. The number of rotatable bonds is 8. The van der Waals surface area contributed by atoms with Crippen LogP contribution in [0.4, 0.5) is 0 Å². The fourth-order valence-corrected chi connectivity index (χ4v) is 12.4. The van der Waals surface area contributed by atoms with Crippen LogP contribution in [0, 0.1) is 3.57 Å². The first-order chi connectivity index (χ1) is 41.8. The summed E-state index contributed by atoms with van der Waals surface area (Å²) in [5.41, 5.74) is 19.6. The average molecular weight is 1350 g/mol. The standard InChI is InChI=1S/C36H32BNO2.C36H24BrN.C6H4BrI/c1-35(2)36(3,4)40-37(39-35)29-14-10-13-27(23-29)28-19-22-34-32(24-28)31-15-8-9-16-33(31)38(34)30-20-17-26(18-21-30)25-11-6-5-7-12-25;37-31-18-13-27(14-19-31)28-9-6-10-29(23-28)30-17-22-36-34(24-30)33-11-4-5-12-35(33)38(36)32-20-15-26(16-21-32)25-7-2-1-3-8-25;7-5-1-3-6(8)4-2-5/h5-24H,1-4H3;1-24H;1-4H. The summed E-state index contributed by atoms with van der Waals surface area (Å²) in [6.07, 6.45) is 0. The van der Waals surface area contributed by atoms with Crippen molar-refractivity contribution in [3.05, 3.63) is 304 Å². The molecule has 0 atom stereocenters. The Morgan fingerprint density at radius 1 is 0.302 bits per heavy atom. The van der Waals surface area contributed by atoms with Crippen LogP contribution in [-0.4, -0.2) is 27.5 Å². The third-order valence-electron chi connectivity index (χ3n) is 16.7. The second kappa shape index (κ2) is 24.4. The minimum Gasteiger partial charge on any atom is -0.399 e. The number of hydrogen-bond donors (Lipinski definition) is 0. The molecule has 1 fully saturated rings. The molecule has 0 radical (unpaired) electrons. The fraction of sp³-hybridized carbons (Fsp3) is 0.0769. The van der Waals surface area contributed by atoms with Crippen LogP contribution in [-0.2, 0) is 9.31 Å². The van der Waals surface area contributed by atoms with Gasteiger partial charge in [0.2, 0.25) is 0 Å². The molecule has 8 heteroatoms. The van der Waals surface area contributed by atoms with Gasteiger partial charge in [0.1, 0.15) is 0 Å². The van der Waals surface area contributed by atoms with Crippen LogP contribution in [0.3, 0.4) is 0 Å². The summed E-state index contributed by atoms with van der Waals surface area (Å²) in [5.74, 6) is 0. The number of fused-ring (bicyclic) bond motifs is 6. The van der Waals surface area contributed by atoms with E-state index in [-0.39, 0.29) is 18.3 Å². The van der Waals surface area contributed by atoms with E-state index in [2.05, 4.69) is 370 Å². The Kier molecular flexibility index (Phi) is 16.1. The molecular formula is C78H60BBr2IN2O2. The van der Waals surface area contributed by atoms with Gasteiger partial charge in [0.05, 0.1) is 33.3 Å². The second-order valence-electron chi connectivity index (χ2n) is 22.7. The minimum atomic E-state index is -0.380. The largest absolute Gasteiger partial charge is 0.494 e. The van der Waals surface area contributed by atoms with E-state index in [0.29, 0.717) is 0 Å². The molecular weight excluding hydrogens is 1290 g/mol. The Hall–Kier alpha value is -8.09. The molecule has 2 aromatic heterocycles. The van der Waals surface area contributed by atoms with E-state index >= 15 is 0 Å². The molecule has 0 aliphatic carbocycles. The van der Waals surface area contributed by atoms with E-state index in [0.717, 1.165) is 25.7 Å². The third-order valence-corrected chi connectivity index (χ3v) is 18.5. The number of para-hydroxylation sites is 2. The van der Waals surface area contributed by atoms with Crippen LogP contribution in [0.2, 0.25) is 0 Å². The Morgan fingerprint density at radius 3 is 1.09 bits per heavy atom. The van der Waals surface area contributed by atoms with Gasteiger partial charge in [-0.1, -0.05) is 220 Å². The van der Waals surface area contributed by atoms with Crippen LogP contribution in [0.25, 0.3) is 111 Å². The lowest BCUT2D eigenvalue weighted by Crippen LogP contribution is -2.41. The van der Waals surface area contributed by atoms with Gasteiger partial charge in [-0.2, -0.15) is 0 Å². The maximum atomic E-state index is 6.33. The summed E-state index contributed by atoms with van der Waals surface area (Å²) < 4.78 is 20.9. The highest BCUT2D eigenvalue weighted by Gasteiger charge is 2.51. The molecule has 86 heavy (non-hydrogen) atoms. The zero-order valence-electron chi connectivity index (χ0n) is 48.1. The van der Waals surface area contributed by atoms with E-state index in [9.17, 15) is 0 Å². The van der Waals surface area contributed by atoms with Gasteiger partial charge in [0.25, 0.3) is 0 Å². The molecule has 12 aromatic carbocycles. The highest BCUT2D eigenvalue weighted by atomic mass is 127. The monoisotopic (exact) mass is 1350 g/mol. The lowest BCUT2D eigenvalue weighted by Gasteiger charge is -2.32. The van der Waals surface area contributed by atoms with Gasteiger partial charge in [-0.25, -0.2) is 0 Å². The van der Waals surface area contributed by atoms with E-state index < -0.39 is 0 Å². The topological polar surface area (TPSA) is 28.3 Å². The molecule has 0 saturated carbocycles. The molecule has 4 nitrogen and oxygen atoms in total. The van der Waals surface area contributed by atoms with Gasteiger partial charge in [0.15, 0.2) is 0 Å². The summed E-state index contributed by atoms with van der Waals surface area (Å²) in [6, 6.07) is 104. The molecule has 0 N–H and O–H groups in total. The Morgan fingerprint density at radius 2 is 0.628 bits per heavy atom. The predicted octanol–water partition coefficient (Wildman–Crippen LogP) is 22.0. The van der Waals surface area contributed by atoms with Gasteiger partial charge in [-0.3, -0.25) is 0 Å². The first-order valence-corrected chi connectivity index (χ1v) is 31.6. The number of aromatic nitrogens is 2. The van der Waals surface area contributed by atoms with Gasteiger partial charge >= 0.3 is 7.12 Å². The zero-order valence-corrected chi connectivity index (χ0v) is 53.5. The van der Waals surface area contributed by atoms with Crippen molar-refractivity contribution in [2.45, 2.75) is 38.9 Å². The maximum absolute atomic E-state index is 6.33. The van der Waals surface area contributed by atoms with Crippen molar-refractivity contribution in [1.82, 2.24) is 9.13 Å². The zero-order chi connectivity index (χ0) is 58.9. The highest BCUT2D eigenvalue weighted by molar-refractivity contribution is 14.1. The summed E-state index contributed by atoms with van der Waals surface area (Å²) in [4.78, 5) is 0. The van der Waals surface area contributed by atoms with Gasteiger partial charge in [-0.05, 0) is 215 Å². The molecule has 0 bridgehead atoms. The van der Waals surface area contributed by atoms with Gasteiger partial charge in [0, 0.05) is 45.4 Å². The fourth-order valence-electron chi connectivity index (χ4n) is 11.5. The van der Waals surface area contributed by atoms with E-state index in [1.807, 2.05) is 12.1 Å². The van der Waals surface area contributed by atoms with E-state index in [1.165, 1.54) is 103 Å². The molecule has 418 valence electrons. The lowest BCUT2D eigenvalue weighted by atomic mass is 9.78. The Balaban J connectivity index is 0.000000141. The van der Waals surface area contributed by atoms with Crippen molar-refractivity contribution in [2.24, 2.45) is 0 Å². The minimum absolute atomic E-state index is 0.367. The van der Waals surface area contributed by atoms with Crippen LogP contribution in [0.15, 0.2) is 300 Å². The van der Waals surface area contributed by atoms with Crippen molar-refractivity contribution in [2.75, 3.05) is 0 Å². The van der Waals surface area contributed by atoms with Crippen LogP contribution < -0.4 is 5.46 Å². The molecule has 1 saturated heterocycles. The molecule has 15 rings (SSSR count). The van der Waals surface area contributed by atoms with Gasteiger partial charge in [-0.15, -0.1) is 0 Å². The maximum Gasteiger partial charge on any atom is 0.494 e. The van der Waals surface area contributed by atoms with E-state index in [1.54, 1.807) is 0 Å². The normalized spacial score (nSPS) is 13.4. The van der Waals surface area contributed by atoms with Crippen molar-refractivity contribution < 1.29 is 9.31 Å². The number of nitrogens with zero attached hydrogens (tertiary/aromatic N) is 2. The van der Waals surface area contributed by atoms with Crippen molar-refractivity contribution in [3.63, 3.8) is 0 Å². The molecule has 14 aromatic rings. The quantitative estimate of drug-likeness (QED) is 0.112. The molecule has 0 spiro atoms. The summed E-state index contributed by atoms with van der Waals surface area (Å²) in [6.45, 7) is 8.37. The van der Waals surface area contributed by atoms with E-state index in [4.69, 9.17) is 9.31 Å². The van der Waals surface area contributed by atoms with Crippen LogP contribution in [0.5, 0.6) is 0 Å². The lowest BCUT2D eigenvalue weighted by molar-refractivity contribution is 0.00578. The summed E-state index contributed by atoms with van der Waals surface area (Å²) >= 11 is 9.16. The highest BCUT2D eigenvalue weighted by Crippen LogP contribution is 2.40. The Labute approximate surface area is 534 Å². The van der Waals surface area contributed by atoms with Crippen LogP contribution in [0.1, 0.15) is 27.7 Å². The molecule has 1 aliphatic rings. The third kappa shape index (κ3) is 11.7. The number of halogens is 3. The molecule has 0 amide bonds. The summed E-state index contributed by atoms with van der Waals surface area (Å²) in [5, 5.41) is 5.01. The first kappa shape index (κ1) is 57.0. The van der Waals surface area contributed by atoms with Crippen molar-refractivity contribution in [3.8, 4) is 67.0 Å². The Bertz CT molecular complexity index is 4680. The first-order valence-electron chi connectivity index (χ1n) is 29.0. The average Bonchev–Trinajstić information content (AvgIpc) is 1.82. The molecule has 0 unspecified atom stereocenters. The molecule has 3 heterocycles. The van der Waals surface area contributed by atoms with Crippen molar-refractivity contribution in [1.29, 1.82) is 0 Å². The predicted molar refractivity (Wildman–Crippen MR) is 379 cm³/mol. The van der Waals surface area contributed by atoms with Gasteiger partial charge < -0.3 is 18.4 Å². The molecule has 1 aliphatic heterocycles. The van der Waals surface area contributed by atoms with Crippen LogP contribution >= 0.6 is 54.5 Å².